The molecule has 0 saturated carbocycles. The molecule has 2 aromatic heterocycles. The van der Waals surface area contributed by atoms with E-state index < -0.39 is 0 Å². The highest BCUT2D eigenvalue weighted by Gasteiger charge is 2.24. The zero-order chi connectivity index (χ0) is 21.4. The largest absolute Gasteiger partial charge is 0.450 e. The number of H-pyrrole nitrogens is 1. The minimum Gasteiger partial charge on any atom is -0.450 e. The van der Waals surface area contributed by atoms with Crippen molar-refractivity contribution < 1.29 is 9.21 Å². The second kappa shape index (κ2) is 8.47. The first-order valence-corrected chi connectivity index (χ1v) is 11.4. The molecule has 6 nitrogen and oxygen atoms in total. The first kappa shape index (κ1) is 20.3. The van der Waals surface area contributed by atoms with Crippen molar-refractivity contribution in [3.05, 3.63) is 75.3 Å². The van der Waals surface area contributed by atoms with Gasteiger partial charge in [0.05, 0.1) is 31.7 Å². The number of imidazole rings is 1. The second-order valence-electron chi connectivity index (χ2n) is 6.40. The van der Waals surface area contributed by atoms with E-state index in [-0.39, 0.29) is 5.91 Å². The number of rotatable bonds is 4. The highest BCUT2D eigenvalue weighted by Crippen LogP contribution is 2.33. The molecule has 0 atom stereocenters. The molecule has 1 aliphatic heterocycles. The van der Waals surface area contributed by atoms with Gasteiger partial charge in [-0.2, -0.15) is 0 Å². The molecule has 2 N–H and O–H groups in total. The summed E-state index contributed by atoms with van der Waals surface area (Å²) in [5, 5.41) is 5.44. The molecule has 154 valence electrons. The number of nitrogens with zero attached hydrogens (tertiary/aromatic N) is 2. The number of hydrogen-bond donors (Lipinski definition) is 2. The van der Waals surface area contributed by atoms with Crippen molar-refractivity contribution in [2.24, 2.45) is 4.99 Å². The Hall–Kier alpha value is -2.65. The van der Waals surface area contributed by atoms with Gasteiger partial charge in [-0.25, -0.2) is 9.98 Å². The summed E-state index contributed by atoms with van der Waals surface area (Å²) in [6, 6.07) is 16.5. The van der Waals surface area contributed by atoms with E-state index in [0.717, 1.165) is 16.2 Å². The van der Waals surface area contributed by atoms with Crippen LogP contribution in [0, 0.1) is 0 Å². The van der Waals surface area contributed by atoms with Crippen LogP contribution in [0.3, 0.4) is 0 Å². The maximum atomic E-state index is 12.3. The van der Waals surface area contributed by atoms with Gasteiger partial charge in [0.2, 0.25) is 0 Å². The number of para-hydroxylation sites is 2. The predicted molar refractivity (Wildman–Crippen MR) is 126 cm³/mol. The van der Waals surface area contributed by atoms with E-state index in [1.54, 1.807) is 30.3 Å². The molecule has 0 unspecified atom stereocenters. The van der Waals surface area contributed by atoms with Crippen LogP contribution in [0.25, 0.3) is 17.1 Å². The minimum atomic E-state index is -0.244. The van der Waals surface area contributed by atoms with Crippen molar-refractivity contribution in [1.82, 2.24) is 15.3 Å². The van der Waals surface area contributed by atoms with Gasteiger partial charge in [0.25, 0.3) is 5.91 Å². The number of amidine groups is 1. The Morgan fingerprint density at radius 2 is 1.97 bits per heavy atom. The van der Waals surface area contributed by atoms with Crippen molar-refractivity contribution in [2.75, 3.05) is 0 Å². The van der Waals surface area contributed by atoms with Gasteiger partial charge in [-0.1, -0.05) is 35.3 Å². The van der Waals surface area contributed by atoms with Crippen LogP contribution in [-0.4, -0.2) is 21.0 Å². The van der Waals surface area contributed by atoms with Crippen LogP contribution in [0.2, 0.25) is 10.0 Å². The van der Waals surface area contributed by atoms with Crippen LogP contribution in [0.15, 0.2) is 79.2 Å². The average molecular weight is 487 g/mol. The van der Waals surface area contributed by atoms with E-state index in [1.165, 1.54) is 23.5 Å². The van der Waals surface area contributed by atoms with E-state index in [9.17, 15) is 4.79 Å². The van der Waals surface area contributed by atoms with E-state index in [0.29, 0.717) is 36.7 Å². The normalized spacial score (nSPS) is 16.5. The van der Waals surface area contributed by atoms with Gasteiger partial charge in [0.15, 0.2) is 15.4 Å². The maximum Gasteiger partial charge on any atom is 0.264 e. The monoisotopic (exact) mass is 486 g/mol. The molecule has 2 aromatic carbocycles. The summed E-state index contributed by atoms with van der Waals surface area (Å²) in [4.78, 5) is 25.0. The van der Waals surface area contributed by atoms with Crippen LogP contribution in [-0.2, 0) is 4.79 Å². The average Bonchev–Trinajstić information content (AvgIpc) is 3.44. The highest BCUT2D eigenvalue weighted by molar-refractivity contribution is 8.18. The van der Waals surface area contributed by atoms with Gasteiger partial charge >= 0.3 is 0 Å². The van der Waals surface area contributed by atoms with Crippen molar-refractivity contribution in [2.45, 2.75) is 10.2 Å². The summed E-state index contributed by atoms with van der Waals surface area (Å²) in [5.74, 6) is 0.318. The fourth-order valence-electron chi connectivity index (χ4n) is 2.82. The van der Waals surface area contributed by atoms with Gasteiger partial charge in [0, 0.05) is 6.08 Å². The molecular formula is C21H12Cl2N4O2S2. The molecule has 0 bridgehead atoms. The van der Waals surface area contributed by atoms with Crippen LogP contribution in [0.5, 0.6) is 0 Å². The third kappa shape index (κ3) is 4.52. The summed E-state index contributed by atoms with van der Waals surface area (Å²) in [6.45, 7) is 0. The number of halogens is 2. The second-order valence-corrected chi connectivity index (χ2v) is 9.24. The van der Waals surface area contributed by atoms with Gasteiger partial charge in [-0.15, -0.1) is 0 Å². The molecule has 31 heavy (non-hydrogen) atoms. The molecule has 0 spiro atoms. The van der Waals surface area contributed by atoms with Crippen LogP contribution < -0.4 is 5.32 Å². The molecule has 1 saturated heterocycles. The minimum absolute atomic E-state index is 0.244. The van der Waals surface area contributed by atoms with Crippen molar-refractivity contribution >= 4 is 80.6 Å². The van der Waals surface area contributed by atoms with Crippen LogP contribution in [0.1, 0.15) is 5.76 Å². The van der Waals surface area contributed by atoms with E-state index >= 15 is 0 Å². The third-order valence-corrected chi connectivity index (χ3v) is 6.68. The van der Waals surface area contributed by atoms with Crippen molar-refractivity contribution in [1.29, 1.82) is 0 Å². The number of aromatic amines is 1. The Bertz CT molecular complexity index is 1340. The number of nitrogens with one attached hydrogen (secondary N) is 2. The number of amides is 1. The van der Waals surface area contributed by atoms with Crippen LogP contribution in [0.4, 0.5) is 5.69 Å². The lowest BCUT2D eigenvalue weighted by Gasteiger charge is -1.98. The number of benzene rings is 2. The fraction of sp³-hybridized carbons (Fsp3) is 0. The maximum absolute atomic E-state index is 12.3. The molecule has 1 fully saturated rings. The molecule has 3 heterocycles. The van der Waals surface area contributed by atoms with Gasteiger partial charge in [0.1, 0.15) is 5.76 Å². The lowest BCUT2D eigenvalue weighted by atomic mass is 10.3. The van der Waals surface area contributed by atoms with E-state index in [2.05, 4.69) is 20.3 Å². The predicted octanol–water partition coefficient (Wildman–Crippen LogP) is 6.51. The lowest BCUT2D eigenvalue weighted by Crippen LogP contribution is -2.19. The third-order valence-electron chi connectivity index (χ3n) is 4.23. The molecule has 1 amide bonds. The van der Waals surface area contributed by atoms with Crippen molar-refractivity contribution in [3.63, 3.8) is 0 Å². The molecule has 0 aliphatic carbocycles. The fourth-order valence-corrected chi connectivity index (χ4v) is 4.71. The summed E-state index contributed by atoms with van der Waals surface area (Å²) in [7, 11) is 0. The Kier molecular flexibility index (Phi) is 5.54. The van der Waals surface area contributed by atoms with Gasteiger partial charge in [-0.3, -0.25) is 4.79 Å². The number of hydrogen-bond acceptors (Lipinski definition) is 6. The molecule has 1 aliphatic rings. The number of aliphatic imine (C=N–C) groups is 1. The standard InChI is InChI=1S/C21H12Cl2N4O2S2/c22-13-7-5-11(9-14(13)23)24-20-27-19(28)17(30-20)10-12-6-8-18(29-12)31-21-25-15-3-1-2-4-16(15)26-21/h1-10H,(H,25,26)(H,24,27,28). The smallest absolute Gasteiger partial charge is 0.264 e. The Balaban J connectivity index is 1.31. The molecule has 5 rings (SSSR count). The Morgan fingerprint density at radius 1 is 1.10 bits per heavy atom. The van der Waals surface area contributed by atoms with E-state index in [1.807, 2.05) is 30.3 Å². The number of furan rings is 1. The zero-order valence-corrected chi connectivity index (χ0v) is 18.7. The number of aromatic nitrogens is 2. The number of carbonyl (C=O) groups is 1. The van der Waals surface area contributed by atoms with Gasteiger partial charge in [-0.05, 0) is 66.0 Å². The molecular weight excluding hydrogens is 475 g/mol. The lowest BCUT2D eigenvalue weighted by molar-refractivity contribution is -0.115. The molecule has 10 heteroatoms. The van der Waals surface area contributed by atoms with E-state index in [4.69, 9.17) is 27.6 Å². The molecule has 0 radical (unpaired) electrons. The van der Waals surface area contributed by atoms with Crippen molar-refractivity contribution in [3.8, 4) is 0 Å². The number of thioether (sulfide) groups is 1. The Morgan fingerprint density at radius 3 is 2.81 bits per heavy atom. The summed E-state index contributed by atoms with van der Waals surface area (Å²) >= 11 is 14.5. The number of carbonyl (C=O) groups excluding carboxylic acids is 1. The molecule has 4 aromatic rings. The zero-order valence-electron chi connectivity index (χ0n) is 15.6. The first-order chi connectivity index (χ1) is 15.0. The number of fused-ring (bicyclic) bond motifs is 1. The highest BCUT2D eigenvalue weighted by atomic mass is 35.5. The quantitative estimate of drug-likeness (QED) is 0.321. The summed E-state index contributed by atoms with van der Waals surface area (Å²) < 4.78 is 5.84. The summed E-state index contributed by atoms with van der Waals surface area (Å²) in [5.41, 5.74) is 2.46. The first-order valence-electron chi connectivity index (χ1n) is 9.00. The summed E-state index contributed by atoms with van der Waals surface area (Å²) in [6.07, 6.45) is 1.68. The SMILES string of the molecule is O=C1NC(=Nc2ccc(Cl)c(Cl)c2)SC1=Cc1ccc(Sc2nc3ccccc3[nH]2)o1. The topological polar surface area (TPSA) is 83.3 Å². The van der Waals surface area contributed by atoms with Gasteiger partial charge < -0.3 is 14.7 Å². The Labute approximate surface area is 195 Å². The van der Waals surface area contributed by atoms with Crippen LogP contribution >= 0.6 is 46.7 Å².